The number of aliphatic carboxylic acids is 1. The summed E-state index contributed by atoms with van der Waals surface area (Å²) in [4.78, 5) is 31.0. The van der Waals surface area contributed by atoms with Crippen molar-refractivity contribution in [3.05, 3.63) is 105 Å². The first-order valence-corrected chi connectivity index (χ1v) is 10.8. The van der Waals surface area contributed by atoms with Gasteiger partial charge in [-0.15, -0.1) is 0 Å². The maximum atomic E-state index is 13.6. The van der Waals surface area contributed by atoms with Gasteiger partial charge in [-0.1, -0.05) is 53.5 Å². The van der Waals surface area contributed by atoms with Crippen LogP contribution in [0.2, 0.25) is 10.0 Å². The average molecular weight is 465 g/mol. The smallest absolute Gasteiger partial charge is 0.313 e. The van der Waals surface area contributed by atoms with Gasteiger partial charge >= 0.3 is 5.97 Å². The highest BCUT2D eigenvalue weighted by atomic mass is 35.5. The third-order valence-corrected chi connectivity index (χ3v) is 6.45. The molecule has 1 aromatic heterocycles. The molecule has 2 heterocycles. The van der Waals surface area contributed by atoms with E-state index >= 15 is 0 Å². The zero-order valence-corrected chi connectivity index (χ0v) is 18.3. The largest absolute Gasteiger partial charge is 0.481 e. The lowest BCUT2D eigenvalue weighted by Gasteiger charge is -2.40. The molecule has 0 saturated heterocycles. The SMILES string of the molecule is O=C(O)C1c2ccccc2C(=O)N(Cc2ccc(Cl)cc2)C1c1c[nH]c2ccc(Cl)cc12. The molecule has 0 saturated carbocycles. The van der Waals surface area contributed by atoms with Crippen molar-refractivity contribution in [1.29, 1.82) is 0 Å². The van der Waals surface area contributed by atoms with Gasteiger partial charge in [0.05, 0.1) is 6.04 Å². The number of carbonyl (C=O) groups excluding carboxylic acids is 1. The first-order valence-electron chi connectivity index (χ1n) is 10.1. The molecule has 0 spiro atoms. The van der Waals surface area contributed by atoms with Gasteiger partial charge in [-0.3, -0.25) is 9.59 Å². The number of carboxylic acids is 1. The minimum absolute atomic E-state index is 0.213. The van der Waals surface area contributed by atoms with Crippen molar-refractivity contribution in [1.82, 2.24) is 9.88 Å². The minimum Gasteiger partial charge on any atom is -0.481 e. The summed E-state index contributed by atoms with van der Waals surface area (Å²) in [5, 5.41) is 12.2. The molecule has 7 heteroatoms. The molecule has 2 atom stereocenters. The third kappa shape index (κ3) is 3.44. The normalized spacial score (nSPS) is 18.1. The van der Waals surface area contributed by atoms with Gasteiger partial charge in [0.1, 0.15) is 5.92 Å². The van der Waals surface area contributed by atoms with Gasteiger partial charge in [0.2, 0.25) is 0 Å². The molecule has 0 radical (unpaired) electrons. The van der Waals surface area contributed by atoms with Crippen molar-refractivity contribution in [2.75, 3.05) is 0 Å². The standard InChI is InChI=1S/C25H18Cl2N2O3/c26-15-7-5-14(6-8-15)13-29-23(20-12-28-21-10-9-16(27)11-19(20)21)22(25(31)32)17-3-1-2-4-18(17)24(29)30/h1-12,22-23,28H,13H2,(H,31,32). The summed E-state index contributed by atoms with van der Waals surface area (Å²) in [7, 11) is 0. The summed E-state index contributed by atoms with van der Waals surface area (Å²) in [5.41, 5.74) is 3.31. The zero-order valence-electron chi connectivity index (χ0n) is 16.8. The number of fused-ring (bicyclic) bond motifs is 2. The van der Waals surface area contributed by atoms with Crippen LogP contribution in [0.25, 0.3) is 10.9 Å². The molecule has 1 aliphatic heterocycles. The van der Waals surface area contributed by atoms with E-state index in [1.54, 1.807) is 59.6 Å². The van der Waals surface area contributed by atoms with Crippen molar-refractivity contribution in [3.8, 4) is 0 Å². The van der Waals surface area contributed by atoms with E-state index in [9.17, 15) is 14.7 Å². The number of rotatable bonds is 4. The molecule has 0 aliphatic carbocycles. The average Bonchev–Trinajstić information content (AvgIpc) is 3.19. The van der Waals surface area contributed by atoms with Crippen LogP contribution in [0.1, 0.15) is 39.0 Å². The maximum absolute atomic E-state index is 13.6. The summed E-state index contributed by atoms with van der Waals surface area (Å²) in [5.74, 6) is -2.14. The Morgan fingerprint density at radius 2 is 1.69 bits per heavy atom. The Bertz CT molecular complexity index is 1350. The second-order valence-corrected chi connectivity index (χ2v) is 8.71. The molecular formula is C25H18Cl2N2O3. The number of carboxylic acid groups (broad SMARTS) is 1. The lowest BCUT2D eigenvalue weighted by Crippen LogP contribution is -2.44. The second-order valence-electron chi connectivity index (χ2n) is 7.84. The van der Waals surface area contributed by atoms with E-state index in [1.165, 1.54) is 0 Å². The number of benzene rings is 3. The molecule has 3 aromatic carbocycles. The molecular weight excluding hydrogens is 447 g/mol. The Morgan fingerprint density at radius 1 is 0.969 bits per heavy atom. The Hall–Kier alpha value is -3.28. The Balaban J connectivity index is 1.73. The van der Waals surface area contributed by atoms with Gasteiger partial charge in [0.15, 0.2) is 0 Å². The van der Waals surface area contributed by atoms with Crippen LogP contribution in [0, 0.1) is 0 Å². The van der Waals surface area contributed by atoms with E-state index < -0.39 is 17.9 Å². The molecule has 5 rings (SSSR count). The van der Waals surface area contributed by atoms with E-state index in [0.29, 0.717) is 26.7 Å². The van der Waals surface area contributed by atoms with Gasteiger partial charge in [-0.2, -0.15) is 0 Å². The fourth-order valence-corrected chi connectivity index (χ4v) is 4.82. The van der Waals surface area contributed by atoms with Crippen LogP contribution in [0.4, 0.5) is 0 Å². The van der Waals surface area contributed by atoms with Crippen LogP contribution in [0.5, 0.6) is 0 Å². The van der Waals surface area contributed by atoms with Gasteiger partial charge in [-0.05, 0) is 47.5 Å². The molecule has 0 bridgehead atoms. The first-order chi connectivity index (χ1) is 15.4. The molecule has 1 amide bonds. The number of nitrogens with zero attached hydrogens (tertiary/aromatic N) is 1. The number of amides is 1. The third-order valence-electron chi connectivity index (χ3n) is 5.97. The second kappa shape index (κ2) is 8.01. The van der Waals surface area contributed by atoms with Gasteiger partial charge in [0, 0.05) is 44.8 Å². The van der Waals surface area contributed by atoms with Crippen LogP contribution < -0.4 is 0 Å². The molecule has 1 aliphatic rings. The lowest BCUT2D eigenvalue weighted by atomic mass is 9.79. The highest BCUT2D eigenvalue weighted by Gasteiger charge is 2.45. The number of hydrogen-bond donors (Lipinski definition) is 2. The number of aromatic amines is 1. The number of halogens is 2. The highest BCUT2D eigenvalue weighted by molar-refractivity contribution is 6.31. The predicted molar refractivity (Wildman–Crippen MR) is 124 cm³/mol. The molecule has 0 fully saturated rings. The predicted octanol–water partition coefficient (Wildman–Crippen LogP) is 6.04. The topological polar surface area (TPSA) is 73.4 Å². The summed E-state index contributed by atoms with van der Waals surface area (Å²) in [6.07, 6.45) is 1.78. The van der Waals surface area contributed by atoms with Crippen molar-refractivity contribution in [2.24, 2.45) is 0 Å². The number of nitrogens with one attached hydrogen (secondary N) is 1. The lowest BCUT2D eigenvalue weighted by molar-refractivity contribution is -0.140. The van der Waals surface area contributed by atoms with E-state index in [1.807, 2.05) is 18.2 Å². The van der Waals surface area contributed by atoms with E-state index in [4.69, 9.17) is 23.2 Å². The van der Waals surface area contributed by atoms with E-state index in [2.05, 4.69) is 4.98 Å². The Kier molecular flexibility index (Phi) is 5.16. The highest BCUT2D eigenvalue weighted by Crippen LogP contribution is 2.45. The van der Waals surface area contributed by atoms with Crippen LogP contribution >= 0.6 is 23.2 Å². The summed E-state index contributed by atoms with van der Waals surface area (Å²) < 4.78 is 0. The molecule has 160 valence electrons. The molecule has 5 nitrogen and oxygen atoms in total. The quantitative estimate of drug-likeness (QED) is 0.386. The van der Waals surface area contributed by atoms with Crippen molar-refractivity contribution in [2.45, 2.75) is 18.5 Å². The molecule has 2 unspecified atom stereocenters. The van der Waals surface area contributed by atoms with E-state index in [-0.39, 0.29) is 12.5 Å². The Labute approximate surface area is 194 Å². The summed E-state index contributed by atoms with van der Waals surface area (Å²) in [6, 6.07) is 18.8. The van der Waals surface area contributed by atoms with Crippen LogP contribution in [-0.4, -0.2) is 26.9 Å². The van der Waals surface area contributed by atoms with Crippen molar-refractivity contribution in [3.63, 3.8) is 0 Å². The monoisotopic (exact) mass is 464 g/mol. The fourth-order valence-electron chi connectivity index (χ4n) is 4.53. The first kappa shape index (κ1) is 20.6. The van der Waals surface area contributed by atoms with Gasteiger partial charge < -0.3 is 15.0 Å². The Morgan fingerprint density at radius 3 is 2.44 bits per heavy atom. The number of H-pyrrole nitrogens is 1. The van der Waals surface area contributed by atoms with Crippen LogP contribution in [-0.2, 0) is 11.3 Å². The van der Waals surface area contributed by atoms with Crippen molar-refractivity contribution < 1.29 is 14.7 Å². The maximum Gasteiger partial charge on any atom is 0.313 e. The van der Waals surface area contributed by atoms with Crippen LogP contribution in [0.3, 0.4) is 0 Å². The van der Waals surface area contributed by atoms with Gasteiger partial charge in [0.25, 0.3) is 5.91 Å². The fraction of sp³-hybridized carbons (Fsp3) is 0.120. The molecule has 32 heavy (non-hydrogen) atoms. The summed E-state index contributed by atoms with van der Waals surface area (Å²) in [6.45, 7) is 0.242. The van der Waals surface area contributed by atoms with Crippen LogP contribution in [0.15, 0.2) is 72.9 Å². The van der Waals surface area contributed by atoms with Gasteiger partial charge in [-0.25, -0.2) is 0 Å². The number of aromatic nitrogens is 1. The zero-order chi connectivity index (χ0) is 22.4. The minimum atomic E-state index is -0.993. The summed E-state index contributed by atoms with van der Waals surface area (Å²) >= 11 is 12.3. The molecule has 2 N–H and O–H groups in total. The number of carbonyl (C=O) groups is 2. The molecule has 4 aromatic rings. The number of hydrogen-bond acceptors (Lipinski definition) is 2. The van der Waals surface area contributed by atoms with Crippen molar-refractivity contribution >= 4 is 46.0 Å². The van der Waals surface area contributed by atoms with E-state index in [0.717, 1.165) is 16.5 Å².